The van der Waals surface area contributed by atoms with E-state index in [1.165, 1.54) is 0 Å². The smallest absolute Gasteiger partial charge is 0.170 e. The molecule has 0 aliphatic heterocycles. The minimum Gasteiger partial charge on any atom is -0.487 e. The van der Waals surface area contributed by atoms with Crippen molar-refractivity contribution in [1.29, 1.82) is 0 Å². The first-order chi connectivity index (χ1) is 9.29. The van der Waals surface area contributed by atoms with Crippen molar-refractivity contribution < 1.29 is 4.74 Å². The maximum atomic E-state index is 5.82. The van der Waals surface area contributed by atoms with Gasteiger partial charge in [0.05, 0.1) is 5.69 Å². The van der Waals surface area contributed by atoms with Crippen LogP contribution in [0.3, 0.4) is 0 Å². The summed E-state index contributed by atoms with van der Waals surface area (Å²) in [6.45, 7) is 0.534. The van der Waals surface area contributed by atoms with Crippen molar-refractivity contribution in [3.05, 3.63) is 60.2 Å². The van der Waals surface area contributed by atoms with E-state index in [1.807, 2.05) is 54.6 Å². The normalized spacial score (nSPS) is 9.74. The second-order valence-corrected chi connectivity index (χ2v) is 4.38. The molecule has 0 saturated heterocycles. The van der Waals surface area contributed by atoms with Crippen molar-refractivity contribution in [2.75, 3.05) is 12.4 Å². The van der Waals surface area contributed by atoms with E-state index in [0.29, 0.717) is 11.7 Å². The maximum absolute atomic E-state index is 5.82. The molecule has 0 unspecified atom stereocenters. The van der Waals surface area contributed by atoms with Gasteiger partial charge in [-0.1, -0.05) is 42.5 Å². The van der Waals surface area contributed by atoms with Gasteiger partial charge in [-0.2, -0.15) is 0 Å². The first-order valence-corrected chi connectivity index (χ1v) is 6.45. The third-order valence-corrected chi connectivity index (χ3v) is 2.91. The SMILES string of the molecule is CNC(=S)Nc1ccccc1OCc1ccccc1. The Hall–Kier alpha value is -2.07. The Morgan fingerprint density at radius 3 is 2.47 bits per heavy atom. The average Bonchev–Trinajstić information content (AvgIpc) is 2.47. The van der Waals surface area contributed by atoms with Crippen molar-refractivity contribution in [2.45, 2.75) is 6.61 Å². The van der Waals surface area contributed by atoms with Gasteiger partial charge in [-0.15, -0.1) is 0 Å². The minimum absolute atomic E-state index is 0.534. The zero-order valence-electron chi connectivity index (χ0n) is 10.7. The van der Waals surface area contributed by atoms with Gasteiger partial charge in [-0.3, -0.25) is 0 Å². The van der Waals surface area contributed by atoms with Crippen LogP contribution in [0.4, 0.5) is 5.69 Å². The Bertz CT molecular complexity index is 543. The maximum Gasteiger partial charge on any atom is 0.170 e. The molecule has 0 atom stereocenters. The molecule has 0 aromatic heterocycles. The molecule has 0 aliphatic carbocycles. The molecule has 0 heterocycles. The summed E-state index contributed by atoms with van der Waals surface area (Å²) < 4.78 is 5.82. The molecule has 2 aromatic rings. The zero-order chi connectivity index (χ0) is 13.5. The van der Waals surface area contributed by atoms with Gasteiger partial charge < -0.3 is 15.4 Å². The van der Waals surface area contributed by atoms with E-state index in [-0.39, 0.29) is 0 Å². The van der Waals surface area contributed by atoms with Crippen molar-refractivity contribution >= 4 is 23.0 Å². The van der Waals surface area contributed by atoms with Crippen LogP contribution in [0.5, 0.6) is 5.75 Å². The highest BCUT2D eigenvalue weighted by Crippen LogP contribution is 2.24. The van der Waals surface area contributed by atoms with E-state index in [4.69, 9.17) is 17.0 Å². The molecule has 0 radical (unpaired) electrons. The first kappa shape index (κ1) is 13.4. The molecule has 0 fully saturated rings. The predicted molar refractivity (Wildman–Crippen MR) is 82.5 cm³/mol. The number of hydrogen-bond acceptors (Lipinski definition) is 2. The highest BCUT2D eigenvalue weighted by atomic mass is 32.1. The summed E-state index contributed by atoms with van der Waals surface area (Å²) in [5, 5.41) is 6.54. The predicted octanol–water partition coefficient (Wildman–Crippen LogP) is 3.18. The second kappa shape index (κ2) is 6.75. The Morgan fingerprint density at radius 2 is 1.74 bits per heavy atom. The Labute approximate surface area is 118 Å². The lowest BCUT2D eigenvalue weighted by molar-refractivity contribution is 0.308. The van der Waals surface area contributed by atoms with E-state index in [1.54, 1.807) is 7.05 Å². The largest absolute Gasteiger partial charge is 0.487 e. The summed E-state index contributed by atoms with van der Waals surface area (Å²) >= 11 is 5.10. The van der Waals surface area contributed by atoms with Crippen molar-refractivity contribution in [3.63, 3.8) is 0 Å². The number of thiocarbonyl (C=S) groups is 1. The fourth-order valence-electron chi connectivity index (χ4n) is 1.62. The highest BCUT2D eigenvalue weighted by Gasteiger charge is 2.04. The van der Waals surface area contributed by atoms with Crippen LogP contribution in [0, 0.1) is 0 Å². The molecular formula is C15H16N2OS. The average molecular weight is 272 g/mol. The van der Waals surface area contributed by atoms with Crippen molar-refractivity contribution in [2.24, 2.45) is 0 Å². The number of nitrogens with one attached hydrogen (secondary N) is 2. The molecule has 0 saturated carbocycles. The van der Waals surface area contributed by atoms with Crippen molar-refractivity contribution in [1.82, 2.24) is 5.32 Å². The van der Waals surface area contributed by atoms with Gasteiger partial charge in [0.25, 0.3) is 0 Å². The number of benzene rings is 2. The van der Waals surface area contributed by atoms with Gasteiger partial charge in [-0.05, 0) is 29.9 Å². The number of rotatable bonds is 4. The van der Waals surface area contributed by atoms with Gasteiger partial charge in [0.1, 0.15) is 12.4 Å². The van der Waals surface area contributed by atoms with Crippen molar-refractivity contribution in [3.8, 4) is 5.75 Å². The molecule has 0 bridgehead atoms. The molecule has 4 heteroatoms. The number of ether oxygens (including phenoxy) is 1. The molecule has 0 spiro atoms. The molecule has 2 aromatic carbocycles. The van der Waals surface area contributed by atoms with Crippen LogP contribution in [0.2, 0.25) is 0 Å². The third kappa shape index (κ3) is 3.96. The first-order valence-electron chi connectivity index (χ1n) is 6.04. The Balaban J connectivity index is 2.05. The van der Waals surface area contributed by atoms with Gasteiger partial charge in [0.2, 0.25) is 0 Å². The topological polar surface area (TPSA) is 33.3 Å². The molecular weight excluding hydrogens is 256 g/mol. The van der Waals surface area contributed by atoms with Gasteiger partial charge in [-0.25, -0.2) is 0 Å². The quantitative estimate of drug-likeness (QED) is 0.838. The molecule has 0 amide bonds. The van der Waals surface area contributed by atoms with Crippen LogP contribution in [-0.4, -0.2) is 12.2 Å². The third-order valence-electron chi connectivity index (χ3n) is 2.60. The fourth-order valence-corrected chi connectivity index (χ4v) is 1.73. The number of para-hydroxylation sites is 2. The summed E-state index contributed by atoms with van der Waals surface area (Å²) in [6.07, 6.45) is 0. The monoisotopic (exact) mass is 272 g/mol. The Kier molecular flexibility index (Phi) is 4.75. The van der Waals surface area contributed by atoms with Crippen LogP contribution in [0.25, 0.3) is 0 Å². The summed E-state index contributed by atoms with van der Waals surface area (Å²) in [7, 11) is 1.78. The Morgan fingerprint density at radius 1 is 1.05 bits per heavy atom. The summed E-state index contributed by atoms with van der Waals surface area (Å²) in [5.74, 6) is 0.781. The zero-order valence-corrected chi connectivity index (χ0v) is 11.5. The van der Waals surface area contributed by atoms with Crippen LogP contribution in [-0.2, 0) is 6.61 Å². The standard InChI is InChI=1S/C15H16N2OS/c1-16-15(19)17-13-9-5-6-10-14(13)18-11-12-7-3-2-4-8-12/h2-10H,11H2,1H3,(H2,16,17,19). The molecule has 3 nitrogen and oxygen atoms in total. The van der Waals surface area contributed by atoms with Crippen LogP contribution in [0.15, 0.2) is 54.6 Å². The van der Waals surface area contributed by atoms with E-state index in [0.717, 1.165) is 17.0 Å². The molecule has 19 heavy (non-hydrogen) atoms. The molecule has 0 aliphatic rings. The number of hydrogen-bond donors (Lipinski definition) is 2. The van der Waals surface area contributed by atoms with E-state index in [9.17, 15) is 0 Å². The summed E-state index contributed by atoms with van der Waals surface area (Å²) in [4.78, 5) is 0. The fraction of sp³-hybridized carbons (Fsp3) is 0.133. The molecule has 98 valence electrons. The van der Waals surface area contributed by atoms with Gasteiger partial charge in [0, 0.05) is 7.05 Å². The second-order valence-electron chi connectivity index (χ2n) is 3.97. The molecule has 2 N–H and O–H groups in total. The van der Waals surface area contributed by atoms with E-state index < -0.39 is 0 Å². The summed E-state index contributed by atoms with van der Waals surface area (Å²) in [5.41, 5.74) is 1.99. The highest BCUT2D eigenvalue weighted by molar-refractivity contribution is 7.80. The lowest BCUT2D eigenvalue weighted by Crippen LogP contribution is -2.24. The summed E-state index contributed by atoms with van der Waals surface area (Å²) in [6, 6.07) is 17.8. The van der Waals surface area contributed by atoms with Gasteiger partial charge >= 0.3 is 0 Å². The van der Waals surface area contributed by atoms with Gasteiger partial charge in [0.15, 0.2) is 5.11 Å². The number of anilines is 1. The lowest BCUT2D eigenvalue weighted by Gasteiger charge is -2.13. The van der Waals surface area contributed by atoms with Crippen LogP contribution < -0.4 is 15.4 Å². The molecule has 2 rings (SSSR count). The lowest BCUT2D eigenvalue weighted by atomic mass is 10.2. The van der Waals surface area contributed by atoms with E-state index >= 15 is 0 Å². The minimum atomic E-state index is 0.534. The van der Waals surface area contributed by atoms with E-state index in [2.05, 4.69) is 10.6 Å². The van der Waals surface area contributed by atoms with Crippen LogP contribution in [0.1, 0.15) is 5.56 Å². The van der Waals surface area contributed by atoms with Crippen LogP contribution >= 0.6 is 12.2 Å².